The van der Waals surface area contributed by atoms with E-state index in [2.05, 4.69) is 4.98 Å². The molecule has 0 atom stereocenters. The van der Waals surface area contributed by atoms with Crippen molar-refractivity contribution in [3.63, 3.8) is 0 Å². The third kappa shape index (κ3) is 9.69. The van der Waals surface area contributed by atoms with E-state index < -0.39 is 153 Å². The normalized spacial score (nSPS) is 13.2. The fourth-order valence-corrected chi connectivity index (χ4v) is 8.27. The summed E-state index contributed by atoms with van der Waals surface area (Å²) in [6, 6.07) is 8.67. The minimum absolute atomic E-state index is 0.303. The molecule has 20 nitrogen and oxygen atoms in total. The molecular formula is C34H27N3O17S4-4. The largest absolute Gasteiger partial charge is 0.744 e. The number of amides is 1. The van der Waals surface area contributed by atoms with E-state index in [1.165, 1.54) is 12.4 Å². The lowest BCUT2D eigenvalue weighted by Gasteiger charge is -2.21. The van der Waals surface area contributed by atoms with Crippen molar-refractivity contribution in [3.8, 4) is 23.0 Å². The third-order valence-corrected chi connectivity index (χ3v) is 12.0. The van der Waals surface area contributed by atoms with Crippen LogP contribution in [0, 0.1) is 0 Å². The molecule has 5 aromatic rings. The van der Waals surface area contributed by atoms with E-state index in [1.807, 2.05) is 5.43 Å². The summed E-state index contributed by atoms with van der Waals surface area (Å²) in [6.07, 6.45) is 0.0202. The number of hydrogen-bond acceptors (Lipinski definition) is 19. The molecule has 1 heterocycles. The van der Waals surface area contributed by atoms with Crippen molar-refractivity contribution in [2.24, 2.45) is 5.84 Å². The van der Waals surface area contributed by atoms with Crippen LogP contribution in [-0.4, -0.2) is 83.2 Å². The number of nitrogen functional groups attached to an aromatic ring is 1. The number of hydrogen-bond donors (Lipinski definition) is 6. The van der Waals surface area contributed by atoms with Gasteiger partial charge in [0.25, 0.3) is 5.91 Å². The molecule has 6 rings (SSSR count). The zero-order valence-corrected chi connectivity index (χ0v) is 32.3. The summed E-state index contributed by atoms with van der Waals surface area (Å²) in [4.78, 5) is 10.7. The number of aromatic nitrogens is 1. The Hall–Kier alpha value is -5.70. The predicted octanol–water partition coefficient (Wildman–Crippen LogP) is 0.487. The van der Waals surface area contributed by atoms with Crippen molar-refractivity contribution in [1.82, 2.24) is 10.4 Å². The third-order valence-electron chi connectivity index (χ3n) is 8.72. The van der Waals surface area contributed by atoms with Crippen LogP contribution in [0.5, 0.6) is 23.0 Å². The van der Waals surface area contributed by atoms with Crippen molar-refractivity contribution in [3.05, 3.63) is 123 Å². The quantitative estimate of drug-likeness (QED) is 0.0594. The molecule has 1 aliphatic rings. The van der Waals surface area contributed by atoms with Gasteiger partial charge in [0.2, 0.25) is 0 Å². The fraction of sp³-hybridized carbons (Fsp3) is 0.118. The number of rotatable bonds is 5. The van der Waals surface area contributed by atoms with Gasteiger partial charge in [0.05, 0.1) is 19.6 Å². The van der Waals surface area contributed by atoms with E-state index in [4.69, 9.17) is 5.84 Å². The van der Waals surface area contributed by atoms with Crippen LogP contribution in [0.4, 0.5) is 0 Å². The number of phenolic OH excluding ortho intramolecular Hbond substituents is 4. The molecule has 1 aromatic heterocycles. The van der Waals surface area contributed by atoms with Crippen LogP contribution in [0.3, 0.4) is 0 Å². The molecule has 7 N–H and O–H groups in total. The Balaban J connectivity index is 0.000000559. The molecule has 1 aliphatic carbocycles. The van der Waals surface area contributed by atoms with E-state index in [1.54, 1.807) is 12.1 Å². The summed E-state index contributed by atoms with van der Waals surface area (Å²) in [5.74, 6) is 1.51. The highest BCUT2D eigenvalue weighted by molar-refractivity contribution is 7.86. The highest BCUT2D eigenvalue weighted by atomic mass is 32.2. The highest BCUT2D eigenvalue weighted by Crippen LogP contribution is 2.40. The number of carbonyl (C=O) groups is 1. The molecule has 0 saturated carbocycles. The molecule has 0 aliphatic heterocycles. The summed E-state index contributed by atoms with van der Waals surface area (Å²) in [5.41, 5.74) is -0.973. The SMILES string of the molecule is NNC(=O)c1ccncc1.O=S(=O)([O-])c1cc2c(O)c(c1)Cc1cc(S(=O)(=O)[O-])cc(c1O)Cc1cc(S(=O)(=O)[O-])cc(c1O)Cc1cc(S(=O)(=O)[O-])cc(c1O)C2. The van der Waals surface area contributed by atoms with Crippen LogP contribution in [-0.2, 0) is 66.2 Å². The first-order valence-electron chi connectivity index (χ1n) is 15.9. The Kier molecular flexibility index (Phi) is 11.9. The number of aromatic hydroxyl groups is 4. The number of nitrogens with zero attached hydrogens (tertiary/aromatic N) is 1. The lowest BCUT2D eigenvalue weighted by Crippen LogP contribution is -2.29. The lowest BCUT2D eigenvalue weighted by molar-refractivity contribution is 0.0953. The van der Waals surface area contributed by atoms with Crippen LogP contribution in [0.1, 0.15) is 54.9 Å². The monoisotopic (exact) mass is 877 g/mol. The second-order valence-corrected chi connectivity index (χ2v) is 18.1. The van der Waals surface area contributed by atoms with E-state index in [0.29, 0.717) is 54.1 Å². The van der Waals surface area contributed by atoms with Gasteiger partial charge in [0.1, 0.15) is 63.5 Å². The molecule has 0 unspecified atom stereocenters. The molecule has 58 heavy (non-hydrogen) atoms. The minimum atomic E-state index is -5.29. The van der Waals surface area contributed by atoms with Gasteiger partial charge in [-0.25, -0.2) is 39.5 Å². The second kappa shape index (κ2) is 15.9. The van der Waals surface area contributed by atoms with Gasteiger partial charge in [-0.15, -0.1) is 0 Å². The van der Waals surface area contributed by atoms with Crippen LogP contribution < -0.4 is 11.3 Å². The molecule has 24 heteroatoms. The van der Waals surface area contributed by atoms with Crippen molar-refractivity contribution in [2.75, 3.05) is 0 Å². The first kappa shape index (κ1) is 43.4. The number of nitrogens with one attached hydrogen (secondary N) is 1. The summed E-state index contributed by atoms with van der Waals surface area (Å²) < 4.78 is 145. The Morgan fingerprint density at radius 2 is 0.690 bits per heavy atom. The van der Waals surface area contributed by atoms with Crippen molar-refractivity contribution >= 4 is 46.4 Å². The van der Waals surface area contributed by atoms with Crippen molar-refractivity contribution in [2.45, 2.75) is 45.3 Å². The molecule has 0 fully saturated rings. The van der Waals surface area contributed by atoms with Gasteiger partial charge in [0, 0.05) is 43.6 Å². The maximum absolute atomic E-state index is 12.1. The maximum atomic E-state index is 12.1. The average molecular weight is 878 g/mol. The van der Waals surface area contributed by atoms with Gasteiger partial charge in [-0.3, -0.25) is 15.2 Å². The van der Waals surface area contributed by atoms with Crippen LogP contribution in [0.2, 0.25) is 0 Å². The molecule has 1 amide bonds. The second-order valence-electron chi connectivity index (χ2n) is 12.6. The van der Waals surface area contributed by atoms with Crippen LogP contribution >= 0.6 is 0 Å². The predicted molar refractivity (Wildman–Crippen MR) is 191 cm³/mol. The topological polar surface area (TPSA) is 378 Å². The maximum Gasteiger partial charge on any atom is 0.265 e. The van der Waals surface area contributed by atoms with Gasteiger partial charge >= 0.3 is 0 Å². The summed E-state index contributed by atoms with van der Waals surface area (Å²) in [7, 11) is -21.1. The molecular weight excluding hydrogens is 851 g/mol. The number of pyridine rings is 1. The average Bonchev–Trinajstić information content (AvgIpc) is 3.12. The van der Waals surface area contributed by atoms with Crippen molar-refractivity contribution < 1.29 is 77.1 Å². The Morgan fingerprint density at radius 1 is 0.483 bits per heavy atom. The van der Waals surface area contributed by atoms with Crippen LogP contribution in [0.25, 0.3) is 0 Å². The number of benzene rings is 4. The first-order chi connectivity index (χ1) is 26.8. The summed E-state index contributed by atoms with van der Waals surface area (Å²) in [6.45, 7) is 0. The van der Waals surface area contributed by atoms with Gasteiger partial charge in [-0.05, 0) is 105 Å². The number of fused-ring (bicyclic) bond motifs is 8. The number of carbonyl (C=O) groups excluding carboxylic acids is 1. The van der Waals surface area contributed by atoms with Gasteiger partial charge in [-0.1, -0.05) is 0 Å². The molecule has 0 radical (unpaired) electrons. The highest BCUT2D eigenvalue weighted by Gasteiger charge is 2.24. The van der Waals surface area contributed by atoms with E-state index in [-0.39, 0.29) is 5.91 Å². The Labute approximate surface area is 329 Å². The van der Waals surface area contributed by atoms with E-state index in [9.17, 15) is 77.1 Å². The summed E-state index contributed by atoms with van der Waals surface area (Å²) in [5, 5.41) is 44.6. The van der Waals surface area contributed by atoms with Gasteiger partial charge in [-0.2, -0.15) is 0 Å². The Morgan fingerprint density at radius 3 is 0.862 bits per heavy atom. The standard InChI is InChI=1S/C28H24O16S4.C6H7N3O/c29-25-13-1-14-6-22(46(36,37)38)8-16(26(14)30)3-18-10-24(48(42,43)44)12-20(28(18)32)4-19-11-23(47(39,40)41)9-17(27(19)31)2-15(25)7-21(5-13)45(33,34)35;7-9-6(10)5-1-3-8-4-2-5/h5-12,29-32H,1-4H2,(H,33,34,35)(H,36,37,38)(H,39,40,41)(H,42,43,44);1-4H,7H2,(H,9,10)/p-4. The molecule has 0 spiro atoms. The summed E-state index contributed by atoms with van der Waals surface area (Å²) >= 11 is 0. The van der Waals surface area contributed by atoms with E-state index in [0.717, 1.165) is 0 Å². The number of nitrogens with two attached hydrogens (primary N) is 1. The van der Waals surface area contributed by atoms with Gasteiger partial charge < -0.3 is 38.6 Å². The van der Waals surface area contributed by atoms with E-state index >= 15 is 0 Å². The molecule has 0 saturated heterocycles. The number of phenols is 4. The first-order valence-corrected chi connectivity index (χ1v) is 21.5. The minimum Gasteiger partial charge on any atom is -0.744 e. The van der Waals surface area contributed by atoms with Crippen LogP contribution in [0.15, 0.2) is 92.6 Å². The molecule has 308 valence electrons. The number of hydrazine groups is 1. The molecule has 4 aromatic carbocycles. The smallest absolute Gasteiger partial charge is 0.265 e. The zero-order valence-electron chi connectivity index (χ0n) is 29.0. The molecule has 8 bridgehead atoms. The lowest BCUT2D eigenvalue weighted by atomic mass is 9.91. The fourth-order valence-electron chi connectivity index (χ4n) is 5.97. The van der Waals surface area contributed by atoms with Crippen molar-refractivity contribution in [1.29, 1.82) is 0 Å². The Bertz CT molecular complexity index is 2500. The van der Waals surface area contributed by atoms with Gasteiger partial charge in [0.15, 0.2) is 0 Å². The zero-order chi connectivity index (χ0) is 43.1.